The summed E-state index contributed by atoms with van der Waals surface area (Å²) in [6, 6.07) is 8.19. The number of fused-ring (bicyclic) bond motifs is 1. The summed E-state index contributed by atoms with van der Waals surface area (Å²) in [6.45, 7) is 7.74. The summed E-state index contributed by atoms with van der Waals surface area (Å²) in [4.78, 5) is 26.3. The third-order valence-electron chi connectivity index (χ3n) is 3.99. The van der Waals surface area contributed by atoms with Gasteiger partial charge in [-0.25, -0.2) is 0 Å². The molecular weight excluding hydrogens is 320 g/mol. The van der Waals surface area contributed by atoms with Crippen LogP contribution in [-0.4, -0.2) is 27.2 Å². The van der Waals surface area contributed by atoms with Crippen LogP contribution >= 0.6 is 11.8 Å². The number of carbonyl (C=O) groups excluding carboxylic acids is 2. The number of imide groups is 1. The first-order valence-electron chi connectivity index (χ1n) is 8.34. The number of benzene rings is 1. The van der Waals surface area contributed by atoms with Crippen LogP contribution < -0.4 is 0 Å². The Kier molecular flexibility index (Phi) is 4.81. The largest absolute Gasteiger partial charge is 0.347 e. The van der Waals surface area contributed by atoms with Crippen LogP contribution in [0.4, 0.5) is 4.79 Å². The molecule has 0 radical (unpaired) electrons. The fourth-order valence-electron chi connectivity index (χ4n) is 2.99. The molecule has 0 aliphatic carbocycles. The quantitative estimate of drug-likeness (QED) is 0.737. The number of hydrogen-bond acceptors (Lipinski definition) is 3. The minimum atomic E-state index is -0.174. The Hall–Kier alpha value is -2.01. The highest BCUT2D eigenvalue weighted by Gasteiger charge is 2.34. The van der Waals surface area contributed by atoms with E-state index < -0.39 is 0 Å². The molecule has 0 saturated carbocycles. The summed E-state index contributed by atoms with van der Waals surface area (Å²) in [6.07, 6.45) is 4.72. The highest BCUT2D eigenvalue weighted by molar-refractivity contribution is 8.18. The molecule has 1 aliphatic heterocycles. The van der Waals surface area contributed by atoms with Gasteiger partial charge in [-0.3, -0.25) is 14.5 Å². The lowest BCUT2D eigenvalue weighted by molar-refractivity contribution is -0.122. The van der Waals surface area contributed by atoms with E-state index >= 15 is 0 Å². The van der Waals surface area contributed by atoms with E-state index in [1.165, 1.54) is 4.90 Å². The second-order valence-corrected chi connectivity index (χ2v) is 7.47. The molecule has 126 valence electrons. The normalized spacial score (nSPS) is 17.0. The van der Waals surface area contributed by atoms with Gasteiger partial charge in [0.15, 0.2) is 0 Å². The monoisotopic (exact) mass is 342 g/mol. The molecule has 4 nitrogen and oxygen atoms in total. The molecule has 1 aromatic heterocycles. The summed E-state index contributed by atoms with van der Waals surface area (Å²) >= 11 is 1.04. The fourth-order valence-corrected chi connectivity index (χ4v) is 3.85. The van der Waals surface area contributed by atoms with E-state index in [1.807, 2.05) is 25.1 Å². The first-order valence-corrected chi connectivity index (χ1v) is 9.16. The van der Waals surface area contributed by atoms with E-state index in [0.717, 1.165) is 41.2 Å². The van der Waals surface area contributed by atoms with Gasteiger partial charge in [-0.1, -0.05) is 39.0 Å². The third kappa shape index (κ3) is 3.13. The van der Waals surface area contributed by atoms with Crippen LogP contribution in [0.5, 0.6) is 0 Å². The molecule has 1 aliphatic rings. The molecule has 0 bridgehead atoms. The van der Waals surface area contributed by atoms with Crippen LogP contribution in [0, 0.1) is 5.92 Å². The Bertz CT molecular complexity index is 820. The molecule has 0 N–H and O–H groups in total. The van der Waals surface area contributed by atoms with Gasteiger partial charge in [0.2, 0.25) is 0 Å². The Balaban J connectivity index is 2.01. The second-order valence-electron chi connectivity index (χ2n) is 6.48. The van der Waals surface area contributed by atoms with Crippen molar-refractivity contribution in [1.29, 1.82) is 0 Å². The Morgan fingerprint density at radius 2 is 1.96 bits per heavy atom. The van der Waals surface area contributed by atoms with Crippen molar-refractivity contribution < 1.29 is 9.59 Å². The number of thioether (sulfide) groups is 1. The van der Waals surface area contributed by atoms with Crippen LogP contribution in [0.2, 0.25) is 0 Å². The first kappa shape index (κ1) is 16.8. The Morgan fingerprint density at radius 3 is 2.67 bits per heavy atom. The number of nitrogens with zero attached hydrogens (tertiary/aromatic N) is 2. The van der Waals surface area contributed by atoms with Crippen LogP contribution in [-0.2, 0) is 11.3 Å². The van der Waals surface area contributed by atoms with Gasteiger partial charge in [-0.2, -0.15) is 0 Å². The number of amides is 2. The fraction of sp³-hybridized carbons (Fsp3) is 0.368. The van der Waals surface area contributed by atoms with Gasteiger partial charge in [0, 0.05) is 35.8 Å². The van der Waals surface area contributed by atoms with E-state index in [2.05, 4.69) is 36.7 Å². The van der Waals surface area contributed by atoms with Gasteiger partial charge in [-0.15, -0.1) is 0 Å². The first-order chi connectivity index (χ1) is 11.5. The van der Waals surface area contributed by atoms with E-state index in [4.69, 9.17) is 0 Å². The predicted molar refractivity (Wildman–Crippen MR) is 99.7 cm³/mol. The maximum Gasteiger partial charge on any atom is 0.293 e. The van der Waals surface area contributed by atoms with Gasteiger partial charge in [0.25, 0.3) is 11.1 Å². The summed E-state index contributed by atoms with van der Waals surface area (Å²) in [7, 11) is 0. The predicted octanol–water partition coefficient (Wildman–Crippen LogP) is 4.74. The van der Waals surface area contributed by atoms with Crippen molar-refractivity contribution >= 4 is 39.9 Å². The maximum absolute atomic E-state index is 12.4. The van der Waals surface area contributed by atoms with Gasteiger partial charge >= 0.3 is 0 Å². The zero-order valence-corrected chi connectivity index (χ0v) is 15.1. The number of aromatic nitrogens is 1. The maximum atomic E-state index is 12.4. The molecule has 5 heteroatoms. The van der Waals surface area contributed by atoms with Crippen LogP contribution in [0.25, 0.3) is 17.0 Å². The molecule has 2 heterocycles. The van der Waals surface area contributed by atoms with Crippen LogP contribution in [0.1, 0.15) is 32.8 Å². The smallest absolute Gasteiger partial charge is 0.293 e. The molecule has 0 unspecified atom stereocenters. The van der Waals surface area contributed by atoms with E-state index in [-0.39, 0.29) is 11.1 Å². The molecule has 0 spiro atoms. The summed E-state index contributed by atoms with van der Waals surface area (Å²) in [5, 5.41) is 0.944. The van der Waals surface area contributed by atoms with Crippen molar-refractivity contribution in [3.8, 4) is 0 Å². The minimum absolute atomic E-state index is 0.168. The third-order valence-corrected chi connectivity index (χ3v) is 4.90. The van der Waals surface area contributed by atoms with E-state index in [0.29, 0.717) is 17.4 Å². The van der Waals surface area contributed by atoms with Crippen LogP contribution in [0.3, 0.4) is 0 Å². The van der Waals surface area contributed by atoms with Crippen molar-refractivity contribution in [1.82, 2.24) is 9.47 Å². The Labute approximate surface area is 146 Å². The topological polar surface area (TPSA) is 42.3 Å². The lowest BCUT2D eigenvalue weighted by atomic mass is 10.1. The molecule has 0 atom stereocenters. The standard InChI is InChI=1S/C19H22N2O2S/c1-4-9-21-18(22)17(24-19(21)23)10-14-12-20(11-13(2)3)16-8-6-5-7-15(14)16/h5-8,10,12-13H,4,9,11H2,1-3H3/b17-10-. The van der Waals surface area contributed by atoms with Gasteiger partial charge in [0.1, 0.15) is 0 Å². The molecular formula is C19H22N2O2S. The zero-order chi connectivity index (χ0) is 17.3. The van der Waals surface area contributed by atoms with Gasteiger partial charge < -0.3 is 4.57 Å². The number of rotatable bonds is 5. The molecule has 1 aromatic carbocycles. The zero-order valence-electron chi connectivity index (χ0n) is 14.3. The number of hydrogen-bond donors (Lipinski definition) is 0. The van der Waals surface area contributed by atoms with Gasteiger partial charge in [0.05, 0.1) is 4.91 Å². The highest BCUT2D eigenvalue weighted by Crippen LogP contribution is 2.34. The van der Waals surface area contributed by atoms with Crippen LogP contribution in [0.15, 0.2) is 35.4 Å². The lowest BCUT2D eigenvalue weighted by Crippen LogP contribution is -2.28. The summed E-state index contributed by atoms with van der Waals surface area (Å²) in [5.74, 6) is 0.359. The second kappa shape index (κ2) is 6.85. The molecule has 24 heavy (non-hydrogen) atoms. The lowest BCUT2D eigenvalue weighted by Gasteiger charge is -2.09. The molecule has 3 rings (SSSR count). The van der Waals surface area contributed by atoms with E-state index in [1.54, 1.807) is 0 Å². The SMILES string of the molecule is CCCN1C(=O)S/C(=C\c2cn(CC(C)C)c3ccccc23)C1=O. The molecule has 2 amide bonds. The van der Waals surface area contributed by atoms with Crippen molar-refractivity contribution in [3.63, 3.8) is 0 Å². The number of carbonyl (C=O) groups is 2. The van der Waals surface area contributed by atoms with Crippen molar-refractivity contribution in [2.45, 2.75) is 33.7 Å². The summed E-state index contributed by atoms with van der Waals surface area (Å²) in [5.41, 5.74) is 2.15. The average molecular weight is 342 g/mol. The molecule has 1 saturated heterocycles. The number of para-hydroxylation sites is 1. The van der Waals surface area contributed by atoms with Crippen molar-refractivity contribution in [3.05, 3.63) is 40.9 Å². The highest BCUT2D eigenvalue weighted by atomic mass is 32.2. The van der Waals surface area contributed by atoms with Crippen molar-refractivity contribution in [2.75, 3.05) is 6.54 Å². The Morgan fingerprint density at radius 1 is 1.21 bits per heavy atom. The van der Waals surface area contributed by atoms with Crippen molar-refractivity contribution in [2.24, 2.45) is 5.92 Å². The molecule has 1 fully saturated rings. The summed E-state index contributed by atoms with van der Waals surface area (Å²) < 4.78 is 2.22. The minimum Gasteiger partial charge on any atom is -0.347 e. The molecule has 2 aromatic rings. The van der Waals surface area contributed by atoms with E-state index in [9.17, 15) is 9.59 Å². The average Bonchev–Trinajstić information content (AvgIpc) is 3.01. The van der Waals surface area contributed by atoms with Gasteiger partial charge in [-0.05, 0) is 36.2 Å².